The summed E-state index contributed by atoms with van der Waals surface area (Å²) in [6.45, 7) is -0.175. The minimum atomic E-state index is -0.556. The van der Waals surface area contributed by atoms with Crippen molar-refractivity contribution in [3.8, 4) is 17.2 Å². The molecule has 2 aromatic carbocycles. The van der Waals surface area contributed by atoms with Gasteiger partial charge in [0.2, 0.25) is 0 Å². The third-order valence-electron chi connectivity index (χ3n) is 3.29. The van der Waals surface area contributed by atoms with Crippen LogP contribution in [-0.2, 0) is 9.53 Å². The molecule has 2 aromatic rings. The van der Waals surface area contributed by atoms with E-state index >= 15 is 0 Å². The molecule has 8 heteroatoms. The lowest BCUT2D eigenvalue weighted by atomic mass is 10.2. The molecule has 0 unspecified atom stereocenters. The molecule has 0 aromatic heterocycles. The molecule has 0 saturated carbocycles. The van der Waals surface area contributed by atoms with Gasteiger partial charge in [-0.2, -0.15) is 5.10 Å². The van der Waals surface area contributed by atoms with Crippen LogP contribution in [0, 0.1) is 0 Å². The summed E-state index contributed by atoms with van der Waals surface area (Å²) >= 11 is 0. The molecule has 0 aliphatic rings. The highest BCUT2D eigenvalue weighted by atomic mass is 16.6. The van der Waals surface area contributed by atoms with Gasteiger partial charge in [-0.1, -0.05) is 0 Å². The average Bonchev–Trinajstić information content (AvgIpc) is 2.66. The van der Waals surface area contributed by atoms with Gasteiger partial charge >= 0.3 is 5.97 Å². The number of carbonyl (C=O) groups excluding carboxylic acids is 2. The molecule has 1 amide bonds. The molecule has 0 fully saturated rings. The highest BCUT2D eigenvalue weighted by Crippen LogP contribution is 2.23. The van der Waals surface area contributed by atoms with E-state index in [-0.39, 0.29) is 17.9 Å². The molecule has 0 aliphatic carbocycles. The van der Waals surface area contributed by atoms with Gasteiger partial charge in [-0.25, -0.2) is 10.2 Å². The summed E-state index contributed by atoms with van der Waals surface area (Å²) in [4.78, 5) is 23.0. The van der Waals surface area contributed by atoms with Gasteiger partial charge in [-0.05, 0) is 42.0 Å². The minimum Gasteiger partial charge on any atom is -0.507 e. The van der Waals surface area contributed by atoms with Crippen LogP contribution >= 0.6 is 0 Å². The lowest BCUT2D eigenvalue weighted by Crippen LogP contribution is -2.17. The molecule has 2 N–H and O–H groups in total. The first-order valence-electron chi connectivity index (χ1n) is 7.53. The van der Waals surface area contributed by atoms with Crippen molar-refractivity contribution in [2.75, 3.05) is 20.8 Å². The zero-order chi connectivity index (χ0) is 18.9. The third kappa shape index (κ3) is 5.23. The van der Waals surface area contributed by atoms with Crippen molar-refractivity contribution in [2.45, 2.75) is 0 Å². The normalized spacial score (nSPS) is 10.4. The number of benzene rings is 2. The van der Waals surface area contributed by atoms with Crippen molar-refractivity contribution in [2.24, 2.45) is 5.10 Å². The summed E-state index contributed by atoms with van der Waals surface area (Å²) in [5.41, 5.74) is 3.11. The molecule has 0 bridgehead atoms. The van der Waals surface area contributed by atoms with Crippen molar-refractivity contribution >= 4 is 18.1 Å². The summed E-state index contributed by atoms with van der Waals surface area (Å²) in [5, 5.41) is 13.6. The number of methoxy groups -OCH3 is 2. The van der Waals surface area contributed by atoms with Crippen LogP contribution in [0.3, 0.4) is 0 Å². The Morgan fingerprint density at radius 3 is 2.42 bits per heavy atom. The number of phenols is 1. The maximum absolute atomic E-state index is 12.0. The van der Waals surface area contributed by atoms with Crippen molar-refractivity contribution in [1.29, 1.82) is 0 Å². The fourth-order valence-electron chi connectivity index (χ4n) is 1.91. The Labute approximate surface area is 150 Å². The van der Waals surface area contributed by atoms with E-state index in [1.807, 2.05) is 0 Å². The van der Waals surface area contributed by atoms with E-state index in [2.05, 4.69) is 15.3 Å². The lowest BCUT2D eigenvalue weighted by molar-refractivity contribution is -0.142. The maximum Gasteiger partial charge on any atom is 0.343 e. The fraction of sp³-hybridized carbons (Fsp3) is 0.167. The Hall–Kier alpha value is -3.55. The Morgan fingerprint density at radius 2 is 1.81 bits per heavy atom. The maximum atomic E-state index is 12.0. The molecule has 0 spiro atoms. The summed E-state index contributed by atoms with van der Waals surface area (Å²) in [6.07, 6.45) is 1.43. The van der Waals surface area contributed by atoms with Gasteiger partial charge in [0, 0.05) is 6.07 Å². The number of ether oxygens (including phenoxy) is 3. The van der Waals surface area contributed by atoms with Crippen LogP contribution in [0.2, 0.25) is 0 Å². The van der Waals surface area contributed by atoms with Gasteiger partial charge in [0.15, 0.2) is 6.61 Å². The van der Waals surface area contributed by atoms with Crippen LogP contribution in [0.5, 0.6) is 17.2 Å². The van der Waals surface area contributed by atoms with Crippen molar-refractivity contribution < 1.29 is 28.9 Å². The summed E-state index contributed by atoms with van der Waals surface area (Å²) in [7, 11) is 2.75. The van der Waals surface area contributed by atoms with E-state index in [0.717, 1.165) is 0 Å². The van der Waals surface area contributed by atoms with E-state index in [1.54, 1.807) is 30.3 Å². The number of hydrogen-bond donors (Lipinski definition) is 2. The minimum absolute atomic E-state index is 0.0782. The number of nitrogens with one attached hydrogen (secondary N) is 1. The van der Waals surface area contributed by atoms with E-state index in [1.165, 1.54) is 32.6 Å². The van der Waals surface area contributed by atoms with Gasteiger partial charge in [0.25, 0.3) is 5.91 Å². The molecule has 2 rings (SSSR count). The average molecular weight is 358 g/mol. The number of carbonyl (C=O) groups is 2. The second-order valence-corrected chi connectivity index (χ2v) is 5.02. The van der Waals surface area contributed by atoms with Gasteiger partial charge in [-0.15, -0.1) is 0 Å². The van der Waals surface area contributed by atoms with Crippen LogP contribution in [0.4, 0.5) is 0 Å². The van der Waals surface area contributed by atoms with Gasteiger partial charge in [0.1, 0.15) is 17.2 Å². The van der Waals surface area contributed by atoms with Crippen molar-refractivity contribution in [3.05, 3.63) is 53.6 Å². The zero-order valence-electron chi connectivity index (χ0n) is 14.3. The van der Waals surface area contributed by atoms with Crippen molar-refractivity contribution in [1.82, 2.24) is 5.43 Å². The monoisotopic (exact) mass is 358 g/mol. The standard InChI is InChI=1S/C18H18N2O6/c1-24-14-7-8-15(16(21)9-14)18(23)20-19-10-12-3-5-13(6-4-12)26-11-17(22)25-2/h3-10,21H,11H2,1-2H3,(H,20,23)/b19-10-. The molecule has 26 heavy (non-hydrogen) atoms. The first-order valence-corrected chi connectivity index (χ1v) is 7.53. The third-order valence-corrected chi connectivity index (χ3v) is 3.29. The van der Waals surface area contributed by atoms with Crippen LogP contribution < -0.4 is 14.9 Å². The number of hydrazone groups is 1. The molecule has 0 saturated heterocycles. The molecule has 0 heterocycles. The SMILES string of the molecule is COC(=O)COc1ccc(/C=N\NC(=O)c2ccc(OC)cc2O)cc1. The number of hydrogen-bond acceptors (Lipinski definition) is 7. The second kappa shape index (κ2) is 9.07. The van der Waals surface area contributed by atoms with E-state index in [0.29, 0.717) is 17.1 Å². The highest BCUT2D eigenvalue weighted by molar-refractivity contribution is 5.97. The number of aromatic hydroxyl groups is 1. The van der Waals surface area contributed by atoms with Gasteiger partial charge < -0.3 is 19.3 Å². The zero-order valence-corrected chi connectivity index (χ0v) is 14.3. The first kappa shape index (κ1) is 18.8. The molecule has 0 radical (unpaired) electrons. The Balaban J connectivity index is 1.91. The number of phenolic OH excluding ortho intramolecular Hbond substituents is 1. The number of esters is 1. The number of amides is 1. The second-order valence-electron chi connectivity index (χ2n) is 5.02. The van der Waals surface area contributed by atoms with Gasteiger partial charge in [0.05, 0.1) is 26.0 Å². The molecule has 0 atom stereocenters. The van der Waals surface area contributed by atoms with Crippen LogP contribution in [0.15, 0.2) is 47.6 Å². The predicted octanol–water partition coefficient (Wildman–Crippen LogP) is 1.72. The Bertz CT molecular complexity index is 802. The lowest BCUT2D eigenvalue weighted by Gasteiger charge is -2.05. The quantitative estimate of drug-likeness (QED) is 0.443. The molecular formula is C18H18N2O6. The largest absolute Gasteiger partial charge is 0.507 e. The smallest absolute Gasteiger partial charge is 0.343 e. The topological polar surface area (TPSA) is 106 Å². The van der Waals surface area contributed by atoms with Crippen molar-refractivity contribution in [3.63, 3.8) is 0 Å². The van der Waals surface area contributed by atoms with E-state index < -0.39 is 11.9 Å². The van der Waals surface area contributed by atoms with Gasteiger partial charge in [-0.3, -0.25) is 4.79 Å². The molecular weight excluding hydrogens is 340 g/mol. The summed E-state index contributed by atoms with van der Waals surface area (Å²) in [5.74, 6) is -0.291. The number of nitrogens with zero attached hydrogens (tertiary/aromatic N) is 1. The molecule has 0 aliphatic heterocycles. The molecule has 136 valence electrons. The van der Waals surface area contributed by atoms with E-state index in [9.17, 15) is 14.7 Å². The van der Waals surface area contributed by atoms with Crippen LogP contribution in [0.25, 0.3) is 0 Å². The van der Waals surface area contributed by atoms with E-state index in [4.69, 9.17) is 9.47 Å². The Morgan fingerprint density at radius 1 is 1.12 bits per heavy atom. The molecule has 8 nitrogen and oxygen atoms in total. The predicted molar refractivity (Wildman–Crippen MR) is 93.7 cm³/mol. The number of rotatable bonds is 7. The highest BCUT2D eigenvalue weighted by Gasteiger charge is 2.11. The van der Waals surface area contributed by atoms with Crippen LogP contribution in [-0.4, -0.2) is 44.0 Å². The first-order chi connectivity index (χ1) is 12.5. The summed E-state index contributed by atoms with van der Waals surface area (Å²) in [6, 6.07) is 11.0. The van der Waals surface area contributed by atoms with Crippen LogP contribution in [0.1, 0.15) is 15.9 Å². The fourth-order valence-corrected chi connectivity index (χ4v) is 1.91. The Kier molecular flexibility index (Phi) is 6.55. The summed E-state index contributed by atoms with van der Waals surface area (Å²) < 4.78 is 14.7.